The van der Waals surface area contributed by atoms with Crippen molar-refractivity contribution in [1.29, 1.82) is 0 Å². The van der Waals surface area contributed by atoms with Crippen LogP contribution in [0.4, 0.5) is 0 Å². The standard InChI is InChI=1S/C14H17I3O2/c1-9(2)10(18)19-14-6-11(15)3-12(16,7-14)5-13(17,4-11)8-14/h1,3-8H2,2H3. The molecule has 0 aliphatic heterocycles. The summed E-state index contributed by atoms with van der Waals surface area (Å²) in [5.41, 5.74) is 0.275. The molecule has 0 heterocycles. The highest BCUT2D eigenvalue weighted by molar-refractivity contribution is 14.1. The maximum absolute atomic E-state index is 12.0. The van der Waals surface area contributed by atoms with E-state index in [1.165, 1.54) is 19.3 Å². The average molecular weight is 598 g/mol. The molecule has 0 aromatic heterocycles. The molecular formula is C14H17I3O2. The molecule has 4 fully saturated rings. The Balaban J connectivity index is 1.95. The number of esters is 1. The van der Waals surface area contributed by atoms with Gasteiger partial charge in [0.1, 0.15) is 5.60 Å². The van der Waals surface area contributed by atoms with Crippen molar-refractivity contribution in [3.05, 3.63) is 12.2 Å². The number of carbonyl (C=O) groups is 1. The van der Waals surface area contributed by atoms with E-state index in [0.29, 0.717) is 15.8 Å². The summed E-state index contributed by atoms with van der Waals surface area (Å²) in [6.45, 7) is 5.46. The summed E-state index contributed by atoms with van der Waals surface area (Å²) in [5.74, 6) is -0.207. The predicted octanol–water partition coefficient (Wildman–Crippen LogP) is 4.75. The number of ether oxygens (including phenoxy) is 1. The van der Waals surface area contributed by atoms with Crippen LogP contribution in [-0.2, 0) is 9.53 Å². The molecule has 0 aromatic carbocycles. The van der Waals surface area contributed by atoms with Gasteiger partial charge < -0.3 is 4.74 Å². The van der Waals surface area contributed by atoms with E-state index in [0.717, 1.165) is 19.3 Å². The number of rotatable bonds is 2. The third kappa shape index (κ3) is 2.73. The van der Waals surface area contributed by atoms with Crippen molar-refractivity contribution in [2.24, 2.45) is 0 Å². The number of hydrogen-bond donors (Lipinski definition) is 0. The molecule has 4 bridgehead atoms. The molecule has 0 amide bonds. The molecular weight excluding hydrogens is 581 g/mol. The smallest absolute Gasteiger partial charge is 0.333 e. The molecule has 0 spiro atoms. The van der Waals surface area contributed by atoms with Crippen LogP contribution in [0.3, 0.4) is 0 Å². The molecule has 4 aliphatic carbocycles. The lowest BCUT2D eigenvalue weighted by atomic mass is 9.54. The molecule has 2 nitrogen and oxygen atoms in total. The molecule has 0 N–H and O–H groups in total. The van der Waals surface area contributed by atoms with Crippen LogP contribution in [0.25, 0.3) is 0 Å². The monoisotopic (exact) mass is 598 g/mol. The van der Waals surface area contributed by atoms with Gasteiger partial charge in [0.2, 0.25) is 0 Å². The maximum atomic E-state index is 12.0. The third-order valence-corrected chi connectivity index (χ3v) is 7.91. The average Bonchev–Trinajstić information content (AvgIpc) is 2.07. The minimum Gasteiger partial charge on any atom is -0.456 e. The summed E-state index contributed by atoms with van der Waals surface area (Å²) in [6, 6.07) is 0. The lowest BCUT2D eigenvalue weighted by Crippen LogP contribution is -2.67. The SMILES string of the molecule is C=C(C)C(=O)OC12CC3(I)CC(I)(CC(I)(C3)C1)C2. The van der Waals surface area contributed by atoms with Gasteiger partial charge in [-0.1, -0.05) is 74.4 Å². The van der Waals surface area contributed by atoms with Crippen LogP contribution in [0, 0.1) is 0 Å². The highest BCUT2D eigenvalue weighted by atomic mass is 127. The Kier molecular flexibility index (Phi) is 3.59. The first-order valence-corrected chi connectivity index (χ1v) is 9.76. The minimum atomic E-state index is -0.242. The molecule has 4 saturated carbocycles. The van der Waals surface area contributed by atoms with Gasteiger partial charge in [0.25, 0.3) is 0 Å². The van der Waals surface area contributed by atoms with Gasteiger partial charge in [-0.2, -0.15) is 0 Å². The number of alkyl halides is 3. The summed E-state index contributed by atoms with van der Waals surface area (Å²) >= 11 is 7.91. The minimum absolute atomic E-state index is 0.207. The molecule has 0 saturated heterocycles. The van der Waals surface area contributed by atoms with Crippen molar-refractivity contribution in [3.63, 3.8) is 0 Å². The fourth-order valence-corrected chi connectivity index (χ4v) is 13.2. The van der Waals surface area contributed by atoms with Gasteiger partial charge in [0.15, 0.2) is 0 Å². The first kappa shape index (κ1) is 15.3. The van der Waals surface area contributed by atoms with E-state index in [1.54, 1.807) is 6.92 Å². The van der Waals surface area contributed by atoms with Crippen molar-refractivity contribution in [3.8, 4) is 0 Å². The highest BCUT2D eigenvalue weighted by Crippen LogP contribution is 2.69. The van der Waals surface area contributed by atoms with Crippen LogP contribution in [0.2, 0.25) is 0 Å². The number of carbonyl (C=O) groups excluding carboxylic acids is 1. The molecule has 5 heteroatoms. The second-order valence-electron chi connectivity index (χ2n) is 6.87. The highest BCUT2D eigenvalue weighted by Gasteiger charge is 2.68. The van der Waals surface area contributed by atoms with Crippen molar-refractivity contribution < 1.29 is 9.53 Å². The predicted molar refractivity (Wildman–Crippen MR) is 102 cm³/mol. The maximum Gasteiger partial charge on any atom is 0.333 e. The first-order valence-electron chi connectivity index (χ1n) is 6.53. The first-order chi connectivity index (χ1) is 8.57. The van der Waals surface area contributed by atoms with Crippen LogP contribution >= 0.6 is 67.8 Å². The summed E-state index contributed by atoms with van der Waals surface area (Å²) in [7, 11) is 0. The van der Waals surface area contributed by atoms with Gasteiger partial charge in [-0.3, -0.25) is 0 Å². The van der Waals surface area contributed by atoms with Crippen LogP contribution < -0.4 is 0 Å². The molecule has 0 atom stereocenters. The van der Waals surface area contributed by atoms with E-state index in [9.17, 15) is 4.79 Å². The van der Waals surface area contributed by atoms with Crippen molar-refractivity contribution in [1.82, 2.24) is 0 Å². The second kappa shape index (κ2) is 4.45. The summed E-state index contributed by atoms with van der Waals surface area (Å²) in [6.07, 6.45) is 6.86. The van der Waals surface area contributed by atoms with Gasteiger partial charge in [-0.25, -0.2) is 4.79 Å². The Hall–Kier alpha value is 1.40. The van der Waals surface area contributed by atoms with E-state index in [-0.39, 0.29) is 11.6 Å². The Bertz CT molecular complexity index is 420. The Morgan fingerprint density at radius 1 is 0.947 bits per heavy atom. The van der Waals surface area contributed by atoms with Crippen molar-refractivity contribution in [2.45, 2.75) is 61.3 Å². The topological polar surface area (TPSA) is 26.3 Å². The van der Waals surface area contributed by atoms with E-state index in [2.05, 4.69) is 74.4 Å². The largest absolute Gasteiger partial charge is 0.456 e. The lowest BCUT2D eigenvalue weighted by Gasteiger charge is -2.65. The van der Waals surface area contributed by atoms with E-state index >= 15 is 0 Å². The Morgan fingerprint density at radius 3 is 1.63 bits per heavy atom. The molecule has 0 unspecified atom stereocenters. The zero-order valence-electron chi connectivity index (χ0n) is 10.9. The van der Waals surface area contributed by atoms with Crippen LogP contribution in [0.1, 0.15) is 45.4 Å². The molecule has 106 valence electrons. The lowest BCUT2D eigenvalue weighted by molar-refractivity contribution is -0.170. The molecule has 0 aromatic rings. The van der Waals surface area contributed by atoms with Gasteiger partial charge in [0, 0.05) is 35.1 Å². The fraction of sp³-hybridized carbons (Fsp3) is 0.786. The fourth-order valence-electron chi connectivity index (χ4n) is 4.58. The third-order valence-electron chi connectivity index (χ3n) is 4.48. The molecule has 19 heavy (non-hydrogen) atoms. The van der Waals surface area contributed by atoms with Crippen LogP contribution in [0.15, 0.2) is 12.2 Å². The van der Waals surface area contributed by atoms with Crippen LogP contribution in [0.5, 0.6) is 0 Å². The van der Waals surface area contributed by atoms with Crippen molar-refractivity contribution >= 4 is 73.7 Å². The number of hydrogen-bond acceptors (Lipinski definition) is 2. The summed E-state index contributed by atoms with van der Waals surface area (Å²) in [5, 5.41) is 0. The van der Waals surface area contributed by atoms with Gasteiger partial charge in [-0.05, 0) is 26.2 Å². The van der Waals surface area contributed by atoms with E-state index < -0.39 is 0 Å². The van der Waals surface area contributed by atoms with E-state index in [1.807, 2.05) is 0 Å². The summed E-state index contributed by atoms with van der Waals surface area (Å²) in [4.78, 5) is 12.0. The second-order valence-corrected chi connectivity index (χ2v) is 13.7. The molecule has 4 aliphatic rings. The zero-order chi connectivity index (χ0) is 14.1. The van der Waals surface area contributed by atoms with Gasteiger partial charge >= 0.3 is 5.97 Å². The molecule has 4 rings (SSSR count). The normalized spacial score (nSPS) is 51.2. The van der Waals surface area contributed by atoms with Crippen molar-refractivity contribution in [2.75, 3.05) is 0 Å². The number of halogens is 3. The zero-order valence-corrected chi connectivity index (χ0v) is 17.4. The molecule has 0 radical (unpaired) electrons. The van der Waals surface area contributed by atoms with Gasteiger partial charge in [0.05, 0.1) is 0 Å². The Morgan fingerprint density at radius 2 is 1.32 bits per heavy atom. The van der Waals surface area contributed by atoms with Gasteiger partial charge in [-0.15, -0.1) is 0 Å². The quantitative estimate of drug-likeness (QED) is 0.199. The Labute approximate surface area is 155 Å². The van der Waals surface area contributed by atoms with Crippen LogP contribution in [-0.4, -0.2) is 21.8 Å². The van der Waals surface area contributed by atoms with E-state index in [4.69, 9.17) is 4.74 Å². The summed E-state index contributed by atoms with van der Waals surface area (Å²) < 4.78 is 6.88.